The van der Waals surface area contributed by atoms with Gasteiger partial charge >= 0.3 is 17.9 Å². The highest BCUT2D eigenvalue weighted by Crippen LogP contribution is 2.19. The van der Waals surface area contributed by atoms with Crippen LogP contribution in [-0.4, -0.2) is 37.2 Å². The fraction of sp³-hybridized carbons (Fsp3) is 0.932. The largest absolute Gasteiger partial charge is 0.462 e. The Morgan fingerprint density at radius 1 is 0.241 bits per heavy atom. The highest BCUT2D eigenvalue weighted by atomic mass is 16.6. The quantitative estimate of drug-likeness (QED) is 0.0261. The average molecular weight is 1110 g/mol. The fourth-order valence-corrected chi connectivity index (χ4v) is 11.3. The third-order valence-electron chi connectivity index (χ3n) is 16.8. The van der Waals surface area contributed by atoms with Gasteiger partial charge in [-0.2, -0.15) is 0 Å². The van der Waals surface area contributed by atoms with Crippen LogP contribution < -0.4 is 0 Å². The molecule has 0 aliphatic rings. The first-order valence-electron chi connectivity index (χ1n) is 36.2. The molecule has 0 bridgehead atoms. The molecule has 0 rings (SSSR count). The summed E-state index contributed by atoms with van der Waals surface area (Å²) in [5.41, 5.74) is 0. The van der Waals surface area contributed by atoms with Crippen LogP contribution in [0.5, 0.6) is 0 Å². The van der Waals surface area contributed by atoms with Crippen LogP contribution >= 0.6 is 0 Å². The normalized spacial score (nSPS) is 12.0. The number of allylic oxidation sites excluding steroid dienone is 2. The number of carbonyl (C=O) groups excluding carboxylic acids is 3. The molecule has 0 N–H and O–H groups in total. The zero-order valence-electron chi connectivity index (χ0n) is 53.9. The lowest BCUT2D eigenvalue weighted by atomic mass is 10.0. The molecule has 0 aliphatic heterocycles. The summed E-state index contributed by atoms with van der Waals surface area (Å²) >= 11 is 0. The number of esters is 3. The van der Waals surface area contributed by atoms with E-state index in [1.54, 1.807) is 0 Å². The minimum atomic E-state index is -0.770. The first-order chi connectivity index (χ1) is 39.0. The summed E-state index contributed by atoms with van der Waals surface area (Å²) in [5, 5.41) is 0. The van der Waals surface area contributed by atoms with Gasteiger partial charge in [0.2, 0.25) is 0 Å². The SMILES string of the molecule is CCCCCCCCC/C=C\CCCCCCCC(=O)OCC(COC(=O)CCCCCCCCCCCCCCCCCCCCCCCCCC)OC(=O)CCCCCCCCCCCCCCCCCCCCCCC. The summed E-state index contributed by atoms with van der Waals surface area (Å²) in [7, 11) is 0. The summed E-state index contributed by atoms with van der Waals surface area (Å²) in [6, 6.07) is 0. The Balaban J connectivity index is 4.25. The average Bonchev–Trinajstić information content (AvgIpc) is 3.45. The molecule has 0 aromatic carbocycles. The second-order valence-electron chi connectivity index (χ2n) is 24.9. The first kappa shape index (κ1) is 77.2. The van der Waals surface area contributed by atoms with Crippen molar-refractivity contribution in [3.63, 3.8) is 0 Å². The number of hydrogen-bond acceptors (Lipinski definition) is 6. The van der Waals surface area contributed by atoms with E-state index in [1.165, 1.54) is 315 Å². The maximum atomic E-state index is 13.0. The van der Waals surface area contributed by atoms with E-state index in [-0.39, 0.29) is 31.1 Å². The molecule has 0 saturated heterocycles. The third kappa shape index (κ3) is 66.8. The third-order valence-corrected chi connectivity index (χ3v) is 16.8. The molecule has 0 aromatic rings. The van der Waals surface area contributed by atoms with Crippen molar-refractivity contribution in [2.75, 3.05) is 13.2 Å². The van der Waals surface area contributed by atoms with Gasteiger partial charge in [-0.15, -0.1) is 0 Å². The van der Waals surface area contributed by atoms with Gasteiger partial charge in [0.15, 0.2) is 6.10 Å². The Morgan fingerprint density at radius 3 is 0.633 bits per heavy atom. The van der Waals surface area contributed by atoms with Crippen LogP contribution in [-0.2, 0) is 28.6 Å². The molecule has 0 fully saturated rings. The molecule has 0 spiro atoms. The molecule has 6 nitrogen and oxygen atoms in total. The van der Waals surface area contributed by atoms with E-state index in [0.717, 1.165) is 64.2 Å². The van der Waals surface area contributed by atoms with Crippen molar-refractivity contribution in [2.24, 2.45) is 0 Å². The molecular formula is C73H140O6. The summed E-state index contributed by atoms with van der Waals surface area (Å²) in [6.45, 7) is 6.73. The minimum absolute atomic E-state index is 0.0654. The van der Waals surface area contributed by atoms with Crippen molar-refractivity contribution < 1.29 is 28.6 Å². The van der Waals surface area contributed by atoms with Crippen LogP contribution in [0.15, 0.2) is 12.2 Å². The first-order valence-corrected chi connectivity index (χ1v) is 36.2. The number of carbonyl (C=O) groups is 3. The molecule has 6 heteroatoms. The summed E-state index contributed by atoms with van der Waals surface area (Å²) in [4.78, 5) is 38.5. The van der Waals surface area contributed by atoms with Gasteiger partial charge in [-0.1, -0.05) is 367 Å². The lowest BCUT2D eigenvalue weighted by Gasteiger charge is -2.18. The van der Waals surface area contributed by atoms with Gasteiger partial charge in [0.25, 0.3) is 0 Å². The predicted molar refractivity (Wildman–Crippen MR) is 344 cm³/mol. The number of ether oxygens (including phenoxy) is 3. The summed E-state index contributed by atoms with van der Waals surface area (Å²) < 4.78 is 17.0. The topological polar surface area (TPSA) is 78.9 Å². The zero-order chi connectivity index (χ0) is 57.1. The lowest BCUT2D eigenvalue weighted by molar-refractivity contribution is -0.167. The van der Waals surface area contributed by atoms with Gasteiger partial charge in [-0.25, -0.2) is 0 Å². The van der Waals surface area contributed by atoms with Crippen LogP contribution in [0.2, 0.25) is 0 Å². The maximum absolute atomic E-state index is 13.0. The van der Waals surface area contributed by atoms with E-state index < -0.39 is 6.10 Å². The lowest BCUT2D eigenvalue weighted by Crippen LogP contribution is -2.30. The Morgan fingerprint density at radius 2 is 0.418 bits per heavy atom. The second kappa shape index (κ2) is 68.6. The molecule has 79 heavy (non-hydrogen) atoms. The smallest absolute Gasteiger partial charge is 0.306 e. The predicted octanol–water partition coefficient (Wildman–Crippen LogP) is 24.8. The van der Waals surface area contributed by atoms with Crippen LogP contribution in [0, 0.1) is 0 Å². The van der Waals surface area contributed by atoms with E-state index in [1.807, 2.05) is 0 Å². The fourth-order valence-electron chi connectivity index (χ4n) is 11.3. The molecule has 1 unspecified atom stereocenters. The van der Waals surface area contributed by atoms with Crippen molar-refractivity contribution in [1.82, 2.24) is 0 Å². The van der Waals surface area contributed by atoms with Crippen molar-refractivity contribution in [2.45, 2.75) is 425 Å². The van der Waals surface area contributed by atoms with Gasteiger partial charge < -0.3 is 14.2 Å². The van der Waals surface area contributed by atoms with Crippen LogP contribution in [0.1, 0.15) is 419 Å². The molecule has 0 aromatic heterocycles. The van der Waals surface area contributed by atoms with Crippen LogP contribution in [0.25, 0.3) is 0 Å². The van der Waals surface area contributed by atoms with Crippen LogP contribution in [0.4, 0.5) is 0 Å². The van der Waals surface area contributed by atoms with Gasteiger partial charge in [0.1, 0.15) is 13.2 Å². The number of rotatable bonds is 68. The van der Waals surface area contributed by atoms with Crippen molar-refractivity contribution >= 4 is 17.9 Å². The van der Waals surface area contributed by atoms with Gasteiger partial charge in [-0.3, -0.25) is 14.4 Å². The van der Waals surface area contributed by atoms with E-state index in [0.29, 0.717) is 19.3 Å². The van der Waals surface area contributed by atoms with Crippen molar-refractivity contribution in [3.8, 4) is 0 Å². The molecule has 468 valence electrons. The highest BCUT2D eigenvalue weighted by molar-refractivity contribution is 5.71. The van der Waals surface area contributed by atoms with E-state index in [2.05, 4.69) is 32.9 Å². The Bertz CT molecular complexity index is 1230. The van der Waals surface area contributed by atoms with Gasteiger partial charge in [-0.05, 0) is 44.9 Å². The van der Waals surface area contributed by atoms with Crippen molar-refractivity contribution in [1.29, 1.82) is 0 Å². The molecule has 0 aliphatic carbocycles. The van der Waals surface area contributed by atoms with E-state index in [9.17, 15) is 14.4 Å². The van der Waals surface area contributed by atoms with Crippen LogP contribution in [0.3, 0.4) is 0 Å². The molecule has 0 saturated carbocycles. The monoisotopic (exact) mass is 1110 g/mol. The summed E-state index contributed by atoms with van der Waals surface area (Å²) in [5.74, 6) is -0.836. The Hall–Kier alpha value is -1.85. The highest BCUT2D eigenvalue weighted by Gasteiger charge is 2.19. The minimum Gasteiger partial charge on any atom is -0.462 e. The summed E-state index contributed by atoms with van der Waals surface area (Å²) in [6.07, 6.45) is 82.4. The van der Waals surface area contributed by atoms with Gasteiger partial charge in [0, 0.05) is 19.3 Å². The maximum Gasteiger partial charge on any atom is 0.306 e. The van der Waals surface area contributed by atoms with E-state index >= 15 is 0 Å². The Kier molecular flexibility index (Phi) is 67.0. The van der Waals surface area contributed by atoms with Crippen molar-refractivity contribution in [3.05, 3.63) is 12.2 Å². The number of hydrogen-bond donors (Lipinski definition) is 0. The Labute approximate surface area is 494 Å². The molecular weight excluding hydrogens is 973 g/mol. The van der Waals surface area contributed by atoms with E-state index in [4.69, 9.17) is 14.2 Å². The van der Waals surface area contributed by atoms with Gasteiger partial charge in [0.05, 0.1) is 0 Å². The zero-order valence-corrected chi connectivity index (χ0v) is 53.9. The molecule has 0 amide bonds. The molecule has 0 radical (unpaired) electrons. The molecule has 0 heterocycles. The number of unbranched alkanes of at least 4 members (excludes halogenated alkanes) is 55. The second-order valence-corrected chi connectivity index (χ2v) is 24.9. The molecule has 1 atom stereocenters. The standard InChI is InChI=1S/C73H140O6/c1-4-7-10-13-16-19-22-25-28-31-33-35-36-37-39-40-42-45-48-51-54-57-60-63-66-72(75)78-69-70(68-77-71(74)65-62-59-56-53-50-47-44-30-27-24-21-18-15-12-9-6-3)79-73(76)67-64-61-58-55-52-49-46-43-41-38-34-32-29-26-23-20-17-14-11-8-5-2/h30,44,70H,4-29,31-43,45-69H2,1-3H3/b44-30-.